The van der Waals surface area contributed by atoms with Gasteiger partial charge in [0.1, 0.15) is 0 Å². The molecule has 1 unspecified atom stereocenters. The monoisotopic (exact) mass is 377 g/mol. The molecule has 1 rings (SSSR count). The maximum atomic E-state index is 12.2. The Morgan fingerprint density at radius 3 is 2.04 bits per heavy atom. The van der Waals surface area contributed by atoms with Crippen molar-refractivity contribution >= 4 is 15.2 Å². The minimum atomic E-state index is -4.30. The van der Waals surface area contributed by atoms with Gasteiger partial charge in [0.2, 0.25) is 0 Å². The van der Waals surface area contributed by atoms with Gasteiger partial charge in [-0.1, -0.05) is 23.3 Å². The Morgan fingerprint density at radius 1 is 1.08 bits per heavy atom. The Kier molecular flexibility index (Phi) is 6.79. The molecular formula is C13H21N3O6P2. The Hall–Kier alpha value is -1.17. The van der Waals surface area contributed by atoms with E-state index in [9.17, 15) is 14.0 Å². The fourth-order valence-corrected chi connectivity index (χ4v) is 4.38. The lowest BCUT2D eigenvalue weighted by molar-refractivity contribution is 0.111. The summed E-state index contributed by atoms with van der Waals surface area (Å²) < 4.78 is 28.6. The molecule has 0 aliphatic carbocycles. The molecule has 1 aromatic rings. The zero-order valence-electron chi connectivity index (χ0n) is 13.7. The van der Waals surface area contributed by atoms with E-state index < -0.39 is 27.0 Å². The van der Waals surface area contributed by atoms with Crippen LogP contribution in [-0.2, 0) is 32.5 Å². The maximum Gasteiger partial charge on any atom is 0.332 e. The quantitative estimate of drug-likeness (QED) is 0.285. The highest BCUT2D eigenvalue weighted by atomic mass is 31.2. The van der Waals surface area contributed by atoms with Gasteiger partial charge in [0.15, 0.2) is 0 Å². The molecule has 0 amide bonds. The number of benzene rings is 1. The Balaban J connectivity index is 3.16. The summed E-state index contributed by atoms with van der Waals surface area (Å²) >= 11 is 0. The molecule has 0 radical (unpaired) electrons. The van der Waals surface area contributed by atoms with Crippen molar-refractivity contribution < 1.29 is 28.3 Å². The molecule has 3 N–H and O–H groups in total. The summed E-state index contributed by atoms with van der Waals surface area (Å²) in [6.45, 7) is 4.90. The summed E-state index contributed by atoms with van der Waals surface area (Å²) in [5.41, 5.74) is 8.73. The zero-order chi connectivity index (χ0) is 18.6. The van der Waals surface area contributed by atoms with Crippen molar-refractivity contribution in [2.45, 2.75) is 45.2 Å². The van der Waals surface area contributed by atoms with Crippen LogP contribution in [0.1, 0.15) is 37.5 Å². The molecule has 0 heterocycles. The Bertz CT molecular complexity index is 734. The van der Waals surface area contributed by atoms with Crippen LogP contribution in [0.4, 0.5) is 0 Å². The highest BCUT2D eigenvalue weighted by Crippen LogP contribution is 2.49. The van der Waals surface area contributed by atoms with E-state index in [0.717, 1.165) is 0 Å². The predicted molar refractivity (Wildman–Crippen MR) is 89.4 cm³/mol. The number of hydrogen-bond donors (Lipinski definition) is 3. The molecule has 0 bridgehead atoms. The average Bonchev–Trinajstić information content (AvgIpc) is 2.29. The van der Waals surface area contributed by atoms with Gasteiger partial charge in [0.05, 0.1) is 24.5 Å². The Morgan fingerprint density at radius 2 is 1.58 bits per heavy atom. The number of nitrogens with zero attached hydrogens (tertiary/aromatic N) is 3. The van der Waals surface area contributed by atoms with Crippen LogP contribution in [0, 0.1) is 0 Å². The fraction of sp³-hybridized carbons (Fsp3) is 0.538. The molecular weight excluding hydrogens is 356 g/mol. The van der Waals surface area contributed by atoms with Crippen LogP contribution in [0.3, 0.4) is 0 Å². The Labute approximate surface area is 140 Å². The molecule has 0 saturated heterocycles. The minimum absolute atomic E-state index is 0.0334. The van der Waals surface area contributed by atoms with Crippen LogP contribution >= 0.6 is 15.2 Å². The molecule has 24 heavy (non-hydrogen) atoms. The van der Waals surface area contributed by atoms with E-state index in [1.54, 1.807) is 26.8 Å². The van der Waals surface area contributed by atoms with Crippen LogP contribution in [0.25, 0.3) is 10.4 Å². The van der Waals surface area contributed by atoms with Gasteiger partial charge < -0.3 is 19.2 Å². The van der Waals surface area contributed by atoms with Crippen LogP contribution in [-0.4, -0.2) is 20.3 Å². The third-order valence-corrected chi connectivity index (χ3v) is 4.99. The molecule has 0 saturated carbocycles. The van der Waals surface area contributed by atoms with Crippen molar-refractivity contribution in [1.29, 1.82) is 0 Å². The summed E-state index contributed by atoms with van der Waals surface area (Å²) in [5.74, 6) is 0. The summed E-state index contributed by atoms with van der Waals surface area (Å²) in [6, 6.07) is 4.48. The van der Waals surface area contributed by atoms with Gasteiger partial charge in [-0.3, -0.25) is 9.13 Å². The molecule has 0 aliphatic rings. The van der Waals surface area contributed by atoms with E-state index in [2.05, 4.69) is 10.0 Å². The fourth-order valence-electron chi connectivity index (χ4n) is 2.16. The van der Waals surface area contributed by atoms with Gasteiger partial charge in [-0.15, -0.1) is 0 Å². The van der Waals surface area contributed by atoms with E-state index in [1.807, 2.05) is 0 Å². The molecule has 134 valence electrons. The molecule has 0 aromatic heterocycles. The lowest BCUT2D eigenvalue weighted by Gasteiger charge is -2.23. The van der Waals surface area contributed by atoms with Crippen LogP contribution < -0.4 is 0 Å². The van der Waals surface area contributed by atoms with Crippen molar-refractivity contribution in [3.63, 3.8) is 0 Å². The topological polar surface area (TPSA) is 153 Å². The maximum absolute atomic E-state index is 12.2. The number of hydrogen-bond acceptors (Lipinski definition) is 4. The van der Waals surface area contributed by atoms with Crippen LogP contribution in [0.5, 0.6) is 0 Å². The number of rotatable bonds is 7. The molecule has 1 aromatic carbocycles. The third-order valence-electron chi connectivity index (χ3n) is 2.62. The summed E-state index contributed by atoms with van der Waals surface area (Å²) in [7, 11) is -8.25. The largest absolute Gasteiger partial charge is 0.332 e. The first-order chi connectivity index (χ1) is 10.8. The molecule has 1 atom stereocenters. The second-order valence-electron chi connectivity index (χ2n) is 6.37. The van der Waals surface area contributed by atoms with E-state index in [-0.39, 0.29) is 12.7 Å². The van der Waals surface area contributed by atoms with Crippen molar-refractivity contribution in [2.24, 2.45) is 5.11 Å². The smallest absolute Gasteiger partial charge is 0.324 e. The number of azide groups is 1. The van der Waals surface area contributed by atoms with Crippen molar-refractivity contribution in [2.75, 3.05) is 0 Å². The first-order valence-corrected chi connectivity index (χ1v) is 10.6. The zero-order valence-corrected chi connectivity index (χ0v) is 15.4. The SMILES string of the molecule is CC(C)(C)OP(=O)(O)Cc1cc(CN=[N+]=[N-])cc(CP(=O)(O)O)c1. The van der Waals surface area contributed by atoms with E-state index in [0.29, 0.717) is 16.7 Å². The molecule has 0 aliphatic heterocycles. The average molecular weight is 377 g/mol. The summed E-state index contributed by atoms with van der Waals surface area (Å²) in [4.78, 5) is 30.9. The van der Waals surface area contributed by atoms with Crippen molar-refractivity contribution in [1.82, 2.24) is 0 Å². The van der Waals surface area contributed by atoms with Gasteiger partial charge in [-0.05, 0) is 43.0 Å². The molecule has 9 nitrogen and oxygen atoms in total. The minimum Gasteiger partial charge on any atom is -0.324 e. The predicted octanol–water partition coefficient (Wildman–Crippen LogP) is 3.68. The van der Waals surface area contributed by atoms with Crippen molar-refractivity contribution in [3.05, 3.63) is 45.3 Å². The van der Waals surface area contributed by atoms with E-state index in [1.165, 1.54) is 12.1 Å². The third kappa shape index (κ3) is 8.62. The van der Waals surface area contributed by atoms with Crippen LogP contribution in [0.15, 0.2) is 23.3 Å². The summed E-state index contributed by atoms with van der Waals surface area (Å²) in [6.07, 6.45) is -0.831. The first kappa shape index (κ1) is 20.9. The second-order valence-corrected chi connectivity index (χ2v) is 9.79. The first-order valence-electron chi connectivity index (χ1n) is 6.99. The summed E-state index contributed by atoms with van der Waals surface area (Å²) in [5, 5.41) is 3.40. The highest BCUT2D eigenvalue weighted by Gasteiger charge is 2.28. The van der Waals surface area contributed by atoms with Gasteiger partial charge >= 0.3 is 15.2 Å². The standard InChI is InChI=1S/C13H21N3O6P2/c1-13(2,3)22-24(20,21)9-12-5-10(7-15-16-14)4-11(6-12)8-23(17,18)19/h4-6H,7-9H2,1-3H3,(H,20,21)(H2,17,18,19). The lowest BCUT2D eigenvalue weighted by Crippen LogP contribution is -2.17. The normalized spacial score (nSPS) is 14.8. The van der Waals surface area contributed by atoms with E-state index in [4.69, 9.17) is 19.8 Å². The van der Waals surface area contributed by atoms with Gasteiger partial charge in [0.25, 0.3) is 0 Å². The lowest BCUT2D eigenvalue weighted by atomic mass is 10.1. The van der Waals surface area contributed by atoms with Crippen LogP contribution in [0.2, 0.25) is 0 Å². The van der Waals surface area contributed by atoms with Gasteiger partial charge in [0, 0.05) is 4.91 Å². The van der Waals surface area contributed by atoms with Crippen molar-refractivity contribution in [3.8, 4) is 0 Å². The molecule has 0 fully saturated rings. The molecule has 0 spiro atoms. The van der Waals surface area contributed by atoms with Gasteiger partial charge in [-0.2, -0.15) is 0 Å². The van der Waals surface area contributed by atoms with Gasteiger partial charge in [-0.25, -0.2) is 0 Å². The molecule has 11 heteroatoms. The van der Waals surface area contributed by atoms with E-state index >= 15 is 0 Å². The highest BCUT2D eigenvalue weighted by molar-refractivity contribution is 7.52. The second kappa shape index (κ2) is 7.81.